The molecule has 0 saturated carbocycles. The summed E-state index contributed by atoms with van der Waals surface area (Å²) < 4.78 is 0. The lowest BCUT2D eigenvalue weighted by molar-refractivity contribution is -0.384. The van der Waals surface area contributed by atoms with Gasteiger partial charge in [-0.2, -0.15) is 0 Å². The van der Waals surface area contributed by atoms with Crippen molar-refractivity contribution in [2.24, 2.45) is 0 Å². The number of Topliss-reactive ketones (excluding diaryl/α,β-unsaturated/α-hetero) is 1. The van der Waals surface area contributed by atoms with Gasteiger partial charge in [0.15, 0.2) is 0 Å². The van der Waals surface area contributed by atoms with E-state index in [4.69, 9.17) is 11.6 Å². The van der Waals surface area contributed by atoms with Gasteiger partial charge in [-0.05, 0) is 12.1 Å². The molecule has 2 rings (SSSR count). The van der Waals surface area contributed by atoms with Gasteiger partial charge in [0.25, 0.3) is 5.69 Å². The van der Waals surface area contributed by atoms with Gasteiger partial charge in [-0.3, -0.25) is 14.9 Å². The molecule has 1 aliphatic rings. The number of benzene rings is 1. The van der Waals surface area contributed by atoms with E-state index in [1.807, 2.05) is 4.90 Å². The van der Waals surface area contributed by atoms with Crippen molar-refractivity contribution in [1.82, 2.24) is 0 Å². The smallest absolute Gasteiger partial charge is 0.294 e. The Kier molecular flexibility index (Phi) is 3.28. The third kappa shape index (κ3) is 2.55. The highest BCUT2D eigenvalue weighted by molar-refractivity contribution is 6.30. The number of anilines is 1. The molecule has 0 atom stereocenters. The van der Waals surface area contributed by atoms with Crippen molar-refractivity contribution in [3.63, 3.8) is 0 Å². The molecule has 0 unspecified atom stereocenters. The van der Waals surface area contributed by atoms with Crippen molar-refractivity contribution in [3.8, 4) is 0 Å². The molecular weight excluding hydrogens is 244 g/mol. The zero-order chi connectivity index (χ0) is 12.4. The Morgan fingerprint density at radius 2 is 1.94 bits per heavy atom. The van der Waals surface area contributed by atoms with Gasteiger partial charge in [0.2, 0.25) is 0 Å². The Morgan fingerprint density at radius 3 is 2.53 bits per heavy atom. The van der Waals surface area contributed by atoms with Gasteiger partial charge in [-0.1, -0.05) is 11.6 Å². The van der Waals surface area contributed by atoms with Gasteiger partial charge >= 0.3 is 0 Å². The molecule has 1 aliphatic heterocycles. The number of carbonyl (C=O) groups is 1. The molecule has 0 amide bonds. The molecule has 0 aliphatic carbocycles. The molecule has 5 nitrogen and oxygen atoms in total. The van der Waals surface area contributed by atoms with E-state index in [1.54, 1.807) is 12.1 Å². The number of nitrogens with zero attached hydrogens (tertiary/aromatic N) is 2. The second kappa shape index (κ2) is 4.71. The molecule has 0 bridgehead atoms. The minimum atomic E-state index is -0.447. The molecule has 17 heavy (non-hydrogen) atoms. The van der Waals surface area contributed by atoms with Crippen molar-refractivity contribution in [1.29, 1.82) is 0 Å². The number of hydrogen-bond donors (Lipinski definition) is 0. The molecular formula is C11H11ClN2O3. The van der Waals surface area contributed by atoms with E-state index >= 15 is 0 Å². The van der Waals surface area contributed by atoms with Crippen LogP contribution < -0.4 is 4.90 Å². The van der Waals surface area contributed by atoms with Crippen LogP contribution in [0.5, 0.6) is 0 Å². The number of halogens is 1. The van der Waals surface area contributed by atoms with Crippen LogP contribution in [0.3, 0.4) is 0 Å². The van der Waals surface area contributed by atoms with Crippen LogP contribution in [0.2, 0.25) is 5.02 Å². The highest BCUT2D eigenvalue weighted by Gasteiger charge is 2.23. The molecule has 0 radical (unpaired) electrons. The highest BCUT2D eigenvalue weighted by atomic mass is 35.5. The maximum atomic E-state index is 11.1. The van der Waals surface area contributed by atoms with Gasteiger partial charge in [0, 0.05) is 37.0 Å². The van der Waals surface area contributed by atoms with E-state index in [2.05, 4.69) is 0 Å². The summed E-state index contributed by atoms with van der Waals surface area (Å²) in [5.74, 6) is 0.206. The SMILES string of the molecule is O=C1CCN(c2ccc(Cl)cc2[N+](=O)[O-])CC1. The van der Waals surface area contributed by atoms with E-state index in [9.17, 15) is 14.9 Å². The normalized spacial score (nSPS) is 16.1. The van der Waals surface area contributed by atoms with Gasteiger partial charge < -0.3 is 4.90 Å². The minimum absolute atomic E-state index is 0.00755. The van der Waals surface area contributed by atoms with Crippen molar-refractivity contribution >= 4 is 28.8 Å². The van der Waals surface area contributed by atoms with Gasteiger partial charge in [0.1, 0.15) is 11.5 Å². The predicted molar refractivity (Wildman–Crippen MR) is 64.6 cm³/mol. The second-order valence-corrected chi connectivity index (χ2v) is 4.35. The van der Waals surface area contributed by atoms with E-state index in [0.29, 0.717) is 36.6 Å². The van der Waals surface area contributed by atoms with Gasteiger partial charge in [0.05, 0.1) is 4.92 Å². The molecule has 1 aromatic carbocycles. The van der Waals surface area contributed by atoms with Crippen molar-refractivity contribution in [3.05, 3.63) is 33.3 Å². The molecule has 1 heterocycles. The number of hydrogen-bond acceptors (Lipinski definition) is 4. The summed E-state index contributed by atoms with van der Waals surface area (Å²) in [6.07, 6.45) is 0.888. The van der Waals surface area contributed by atoms with Crippen molar-refractivity contribution in [2.45, 2.75) is 12.8 Å². The zero-order valence-electron chi connectivity index (χ0n) is 9.06. The first kappa shape index (κ1) is 11.9. The number of nitro benzene ring substituents is 1. The fraction of sp³-hybridized carbons (Fsp3) is 0.364. The van der Waals surface area contributed by atoms with Crippen LogP contribution in [0.4, 0.5) is 11.4 Å². The maximum absolute atomic E-state index is 11.1. The Bertz CT molecular complexity index is 466. The van der Waals surface area contributed by atoms with Crippen LogP contribution in [0, 0.1) is 10.1 Å². The standard InChI is InChI=1S/C11H11ClN2O3/c12-8-1-2-10(11(7-8)14(16)17)13-5-3-9(15)4-6-13/h1-2,7H,3-6H2. The first-order valence-electron chi connectivity index (χ1n) is 5.28. The van der Waals surface area contributed by atoms with Crippen LogP contribution in [-0.2, 0) is 4.79 Å². The summed E-state index contributed by atoms with van der Waals surface area (Å²) in [6, 6.07) is 4.60. The number of carbonyl (C=O) groups excluding carboxylic acids is 1. The summed E-state index contributed by atoms with van der Waals surface area (Å²) in [5.41, 5.74) is 0.527. The Labute approximate surface area is 103 Å². The van der Waals surface area contributed by atoms with E-state index < -0.39 is 4.92 Å². The second-order valence-electron chi connectivity index (χ2n) is 3.92. The lowest BCUT2D eigenvalue weighted by Gasteiger charge is -2.27. The number of piperidine rings is 1. The largest absolute Gasteiger partial charge is 0.365 e. The number of rotatable bonds is 2. The summed E-state index contributed by atoms with van der Waals surface area (Å²) in [4.78, 5) is 23.5. The molecule has 1 saturated heterocycles. The van der Waals surface area contributed by atoms with Crippen LogP contribution in [0.1, 0.15) is 12.8 Å². The molecule has 0 spiro atoms. The molecule has 1 fully saturated rings. The number of ketones is 1. The average molecular weight is 255 g/mol. The van der Waals surface area contributed by atoms with Crippen LogP contribution >= 0.6 is 11.6 Å². The fourth-order valence-corrected chi connectivity index (χ4v) is 2.07. The predicted octanol–water partition coefficient (Wildman–Crippen LogP) is 2.42. The average Bonchev–Trinajstić information content (AvgIpc) is 2.30. The molecule has 0 aromatic heterocycles. The van der Waals surface area contributed by atoms with Gasteiger partial charge in [-0.25, -0.2) is 0 Å². The third-order valence-corrected chi connectivity index (χ3v) is 3.03. The Balaban J connectivity index is 2.31. The summed E-state index contributed by atoms with van der Waals surface area (Å²) in [7, 11) is 0. The molecule has 6 heteroatoms. The van der Waals surface area contributed by atoms with Gasteiger partial charge in [-0.15, -0.1) is 0 Å². The lowest BCUT2D eigenvalue weighted by Crippen LogP contribution is -2.34. The minimum Gasteiger partial charge on any atom is -0.365 e. The fourth-order valence-electron chi connectivity index (χ4n) is 1.91. The molecule has 1 aromatic rings. The van der Waals surface area contributed by atoms with E-state index in [1.165, 1.54) is 6.07 Å². The Hall–Kier alpha value is -1.62. The molecule has 90 valence electrons. The third-order valence-electron chi connectivity index (χ3n) is 2.80. The quantitative estimate of drug-likeness (QED) is 0.601. The zero-order valence-corrected chi connectivity index (χ0v) is 9.81. The first-order chi connectivity index (χ1) is 8.08. The van der Waals surface area contributed by atoms with Crippen molar-refractivity contribution in [2.75, 3.05) is 18.0 Å². The summed E-state index contributed by atoms with van der Waals surface area (Å²) >= 11 is 5.75. The van der Waals surface area contributed by atoms with E-state index in [-0.39, 0.29) is 11.5 Å². The number of nitro groups is 1. The highest BCUT2D eigenvalue weighted by Crippen LogP contribution is 2.32. The van der Waals surface area contributed by atoms with Crippen LogP contribution in [0.15, 0.2) is 18.2 Å². The van der Waals surface area contributed by atoms with Crippen LogP contribution in [0.25, 0.3) is 0 Å². The topological polar surface area (TPSA) is 63.5 Å². The van der Waals surface area contributed by atoms with E-state index in [0.717, 1.165) is 0 Å². The van der Waals surface area contributed by atoms with Crippen molar-refractivity contribution < 1.29 is 9.72 Å². The first-order valence-corrected chi connectivity index (χ1v) is 5.66. The lowest BCUT2D eigenvalue weighted by atomic mass is 10.1. The molecule has 0 N–H and O–H groups in total. The maximum Gasteiger partial charge on any atom is 0.294 e. The summed E-state index contributed by atoms with van der Waals surface area (Å²) in [5, 5.41) is 11.3. The van der Waals surface area contributed by atoms with Crippen LogP contribution in [-0.4, -0.2) is 23.8 Å². The summed E-state index contributed by atoms with van der Waals surface area (Å²) in [6.45, 7) is 1.06. The monoisotopic (exact) mass is 254 g/mol. The Morgan fingerprint density at radius 1 is 1.29 bits per heavy atom.